The van der Waals surface area contributed by atoms with Crippen LogP contribution in [0.2, 0.25) is 0 Å². The van der Waals surface area contributed by atoms with E-state index in [1.165, 1.54) is 41.6 Å². The number of nitrogens with one attached hydrogen (secondary N) is 1. The van der Waals surface area contributed by atoms with Crippen molar-refractivity contribution in [2.75, 3.05) is 0 Å². The average Bonchev–Trinajstić information content (AvgIpc) is 3.15. The lowest BCUT2D eigenvalue weighted by Gasteiger charge is -2.10. The van der Waals surface area contributed by atoms with Gasteiger partial charge in [0.05, 0.1) is 6.42 Å². The topological polar surface area (TPSA) is 81.9 Å². The monoisotopic (exact) mass is 377 g/mol. The summed E-state index contributed by atoms with van der Waals surface area (Å²) >= 11 is 0. The SMILES string of the molecule is O=C(Cc1ccc(OC(F)(F)F)cc1)NCc1cccnc1-n1cncn1. The number of nitrogens with zero attached hydrogens (tertiary/aromatic N) is 4. The Kier molecular flexibility index (Phi) is 5.34. The van der Waals surface area contributed by atoms with Gasteiger partial charge in [0, 0.05) is 18.3 Å². The second-order valence-electron chi connectivity index (χ2n) is 5.47. The Bertz CT molecular complexity index is 896. The average molecular weight is 377 g/mol. The summed E-state index contributed by atoms with van der Waals surface area (Å²) in [4.78, 5) is 20.2. The van der Waals surface area contributed by atoms with Gasteiger partial charge in [0.25, 0.3) is 0 Å². The van der Waals surface area contributed by atoms with E-state index in [9.17, 15) is 18.0 Å². The van der Waals surface area contributed by atoms with E-state index in [1.807, 2.05) is 0 Å². The van der Waals surface area contributed by atoms with Gasteiger partial charge in [0.1, 0.15) is 18.4 Å². The molecule has 0 unspecified atom stereocenters. The number of halogens is 3. The third-order valence-corrected chi connectivity index (χ3v) is 3.50. The molecule has 0 radical (unpaired) electrons. The molecule has 2 aromatic heterocycles. The number of hydrogen-bond donors (Lipinski definition) is 1. The predicted octanol–water partition coefficient (Wildman–Crippen LogP) is 2.42. The molecule has 1 aromatic carbocycles. The molecule has 1 N–H and O–H groups in total. The number of carbonyl (C=O) groups excluding carboxylic acids is 1. The highest BCUT2D eigenvalue weighted by Gasteiger charge is 2.30. The van der Waals surface area contributed by atoms with Gasteiger partial charge in [-0.1, -0.05) is 18.2 Å². The van der Waals surface area contributed by atoms with Gasteiger partial charge in [-0.25, -0.2) is 14.6 Å². The highest BCUT2D eigenvalue weighted by Crippen LogP contribution is 2.22. The zero-order valence-corrected chi connectivity index (χ0v) is 13.8. The van der Waals surface area contributed by atoms with Gasteiger partial charge in [-0.15, -0.1) is 13.2 Å². The first-order valence-corrected chi connectivity index (χ1v) is 7.81. The molecular formula is C17H14F3N5O2. The second kappa shape index (κ2) is 7.85. The predicted molar refractivity (Wildman–Crippen MR) is 87.8 cm³/mol. The fourth-order valence-corrected chi connectivity index (χ4v) is 2.34. The molecule has 140 valence electrons. The van der Waals surface area contributed by atoms with Gasteiger partial charge < -0.3 is 10.1 Å². The van der Waals surface area contributed by atoms with Crippen LogP contribution in [0.3, 0.4) is 0 Å². The van der Waals surface area contributed by atoms with E-state index in [1.54, 1.807) is 18.3 Å². The van der Waals surface area contributed by atoms with Gasteiger partial charge in [0.15, 0.2) is 5.82 Å². The first-order valence-electron chi connectivity index (χ1n) is 7.81. The van der Waals surface area contributed by atoms with Crippen molar-refractivity contribution in [3.8, 4) is 11.6 Å². The zero-order chi connectivity index (χ0) is 19.3. The fraction of sp³-hybridized carbons (Fsp3) is 0.176. The molecule has 7 nitrogen and oxygen atoms in total. The highest BCUT2D eigenvalue weighted by atomic mass is 19.4. The molecule has 0 bridgehead atoms. The Balaban J connectivity index is 1.58. The van der Waals surface area contributed by atoms with Crippen LogP contribution in [0.5, 0.6) is 5.75 Å². The molecule has 0 atom stereocenters. The quantitative estimate of drug-likeness (QED) is 0.714. The number of carbonyl (C=O) groups is 1. The van der Waals surface area contributed by atoms with E-state index in [-0.39, 0.29) is 24.6 Å². The van der Waals surface area contributed by atoms with E-state index < -0.39 is 6.36 Å². The summed E-state index contributed by atoms with van der Waals surface area (Å²) in [5.74, 6) is -0.0728. The molecule has 3 aromatic rings. The lowest BCUT2D eigenvalue weighted by atomic mass is 10.1. The Labute approximate surface area is 151 Å². The van der Waals surface area contributed by atoms with E-state index in [0.29, 0.717) is 11.4 Å². The van der Waals surface area contributed by atoms with Gasteiger partial charge in [0.2, 0.25) is 5.91 Å². The molecule has 0 spiro atoms. The first kappa shape index (κ1) is 18.4. The van der Waals surface area contributed by atoms with Crippen molar-refractivity contribution in [1.82, 2.24) is 25.1 Å². The number of hydrogen-bond acceptors (Lipinski definition) is 5. The number of benzene rings is 1. The Morgan fingerprint density at radius 1 is 1.19 bits per heavy atom. The third-order valence-electron chi connectivity index (χ3n) is 3.50. The van der Waals surface area contributed by atoms with Crippen LogP contribution in [0.25, 0.3) is 5.82 Å². The number of alkyl halides is 3. The molecule has 10 heteroatoms. The van der Waals surface area contributed by atoms with E-state index >= 15 is 0 Å². The normalized spacial score (nSPS) is 11.2. The van der Waals surface area contributed by atoms with Crippen LogP contribution in [0.15, 0.2) is 55.2 Å². The van der Waals surface area contributed by atoms with Crippen LogP contribution in [0, 0.1) is 0 Å². The van der Waals surface area contributed by atoms with Crippen LogP contribution in [-0.4, -0.2) is 32.0 Å². The van der Waals surface area contributed by atoms with E-state index in [0.717, 1.165) is 5.56 Å². The summed E-state index contributed by atoms with van der Waals surface area (Å²) in [7, 11) is 0. The van der Waals surface area contributed by atoms with Crippen LogP contribution in [0.1, 0.15) is 11.1 Å². The molecule has 0 saturated carbocycles. The van der Waals surface area contributed by atoms with Gasteiger partial charge in [-0.2, -0.15) is 5.10 Å². The van der Waals surface area contributed by atoms with Crippen LogP contribution < -0.4 is 10.1 Å². The standard InChI is InChI=1S/C17H14F3N5O2/c18-17(19,20)27-14-5-3-12(4-6-14)8-15(26)23-9-13-2-1-7-22-16(13)25-11-21-10-24-25/h1-7,10-11H,8-9H2,(H,23,26). The Morgan fingerprint density at radius 3 is 2.63 bits per heavy atom. The van der Waals surface area contributed by atoms with Crippen molar-refractivity contribution in [2.24, 2.45) is 0 Å². The Hall–Kier alpha value is -3.43. The fourth-order valence-electron chi connectivity index (χ4n) is 2.34. The van der Waals surface area contributed by atoms with Gasteiger partial charge in [-0.3, -0.25) is 4.79 Å². The first-order chi connectivity index (χ1) is 12.9. The number of rotatable bonds is 6. The van der Waals surface area contributed by atoms with Crippen molar-refractivity contribution < 1.29 is 22.7 Å². The van der Waals surface area contributed by atoms with Crippen molar-refractivity contribution in [3.05, 3.63) is 66.4 Å². The van der Waals surface area contributed by atoms with Crippen LogP contribution in [-0.2, 0) is 17.8 Å². The lowest BCUT2D eigenvalue weighted by Crippen LogP contribution is -2.25. The Morgan fingerprint density at radius 2 is 1.96 bits per heavy atom. The molecular weight excluding hydrogens is 363 g/mol. The lowest BCUT2D eigenvalue weighted by molar-refractivity contribution is -0.274. The maximum Gasteiger partial charge on any atom is 0.573 e. The molecule has 1 amide bonds. The van der Waals surface area contributed by atoms with Crippen molar-refractivity contribution in [3.63, 3.8) is 0 Å². The summed E-state index contributed by atoms with van der Waals surface area (Å²) in [6.45, 7) is 0.219. The summed E-state index contributed by atoms with van der Waals surface area (Å²) in [6, 6.07) is 8.69. The summed E-state index contributed by atoms with van der Waals surface area (Å²) in [5.41, 5.74) is 1.30. The van der Waals surface area contributed by atoms with E-state index in [2.05, 4.69) is 25.1 Å². The molecule has 0 fully saturated rings. The number of aromatic nitrogens is 4. The largest absolute Gasteiger partial charge is 0.573 e. The van der Waals surface area contributed by atoms with Gasteiger partial charge in [-0.05, 0) is 23.8 Å². The molecule has 0 aliphatic carbocycles. The molecule has 27 heavy (non-hydrogen) atoms. The minimum atomic E-state index is -4.75. The molecule has 3 rings (SSSR count). The van der Waals surface area contributed by atoms with Crippen LogP contribution in [0.4, 0.5) is 13.2 Å². The van der Waals surface area contributed by atoms with Crippen molar-refractivity contribution in [1.29, 1.82) is 0 Å². The van der Waals surface area contributed by atoms with Crippen molar-refractivity contribution in [2.45, 2.75) is 19.3 Å². The molecule has 0 aliphatic rings. The second-order valence-corrected chi connectivity index (χ2v) is 5.47. The van der Waals surface area contributed by atoms with Crippen LogP contribution >= 0.6 is 0 Å². The minimum absolute atomic E-state index is 0.0191. The number of ether oxygens (including phenoxy) is 1. The maximum atomic E-state index is 12.1. The van der Waals surface area contributed by atoms with Crippen molar-refractivity contribution >= 4 is 5.91 Å². The molecule has 0 aliphatic heterocycles. The molecule has 0 saturated heterocycles. The van der Waals surface area contributed by atoms with Gasteiger partial charge >= 0.3 is 6.36 Å². The zero-order valence-electron chi connectivity index (χ0n) is 13.8. The number of amides is 1. The summed E-state index contributed by atoms with van der Waals surface area (Å²) in [5, 5.41) is 6.76. The third kappa shape index (κ3) is 5.27. The maximum absolute atomic E-state index is 12.1. The number of pyridine rings is 1. The molecule has 2 heterocycles. The summed E-state index contributed by atoms with van der Waals surface area (Å²) < 4.78 is 41.7. The smallest absolute Gasteiger partial charge is 0.406 e. The summed E-state index contributed by atoms with van der Waals surface area (Å²) in [6.07, 6.45) is -0.246. The van der Waals surface area contributed by atoms with E-state index in [4.69, 9.17) is 0 Å². The highest BCUT2D eigenvalue weighted by molar-refractivity contribution is 5.78. The minimum Gasteiger partial charge on any atom is -0.406 e.